The summed E-state index contributed by atoms with van der Waals surface area (Å²) >= 11 is 6.40. The highest BCUT2D eigenvalue weighted by molar-refractivity contribution is 6.32. The number of esters is 1. The second kappa shape index (κ2) is 8.41. The van der Waals surface area contributed by atoms with Gasteiger partial charge in [0.1, 0.15) is 5.60 Å². The SMILES string of the molecule is COC(=O)c1cc(Cl)c2c(c1C)OC(C)([C@H]1CC[C@H](N(C)C(=O)OC(C)(C)C)CC1)O2. The molecule has 0 radical (unpaired) electrons. The molecule has 0 bridgehead atoms. The van der Waals surface area contributed by atoms with E-state index in [9.17, 15) is 9.59 Å². The maximum Gasteiger partial charge on any atom is 0.410 e. The number of nitrogens with zero attached hydrogens (tertiary/aromatic N) is 1. The number of benzene rings is 1. The Morgan fingerprint density at radius 2 is 1.74 bits per heavy atom. The summed E-state index contributed by atoms with van der Waals surface area (Å²) in [5.41, 5.74) is 0.489. The van der Waals surface area contributed by atoms with Gasteiger partial charge < -0.3 is 23.8 Å². The zero-order chi connectivity index (χ0) is 23.1. The smallest absolute Gasteiger partial charge is 0.410 e. The van der Waals surface area contributed by atoms with Crippen LogP contribution in [0.2, 0.25) is 5.02 Å². The molecule has 1 fully saturated rings. The van der Waals surface area contributed by atoms with E-state index in [2.05, 4.69) is 0 Å². The lowest BCUT2D eigenvalue weighted by atomic mass is 9.81. The highest BCUT2D eigenvalue weighted by atomic mass is 35.5. The van der Waals surface area contributed by atoms with Gasteiger partial charge in [0.2, 0.25) is 0 Å². The van der Waals surface area contributed by atoms with E-state index in [0.29, 0.717) is 27.6 Å². The van der Waals surface area contributed by atoms with Crippen LogP contribution in [0.1, 0.15) is 69.3 Å². The Labute approximate surface area is 188 Å². The van der Waals surface area contributed by atoms with Crippen LogP contribution < -0.4 is 9.47 Å². The molecule has 1 atom stereocenters. The molecule has 1 heterocycles. The maximum absolute atomic E-state index is 12.4. The summed E-state index contributed by atoms with van der Waals surface area (Å²) in [5, 5.41) is 0.322. The first-order valence-corrected chi connectivity index (χ1v) is 11.0. The minimum Gasteiger partial charge on any atom is -0.465 e. The van der Waals surface area contributed by atoms with Gasteiger partial charge >= 0.3 is 12.1 Å². The molecule has 1 aromatic carbocycles. The first kappa shape index (κ1) is 23.5. The van der Waals surface area contributed by atoms with Crippen LogP contribution in [0.4, 0.5) is 4.79 Å². The summed E-state index contributed by atoms with van der Waals surface area (Å²) < 4.78 is 22.8. The minimum atomic E-state index is -0.888. The Morgan fingerprint density at radius 1 is 1.16 bits per heavy atom. The second-order valence-electron chi connectivity index (χ2n) is 9.50. The quantitative estimate of drug-likeness (QED) is 0.574. The number of methoxy groups -OCH3 is 1. The molecular formula is C23H32ClNO6. The first-order chi connectivity index (χ1) is 14.4. The van der Waals surface area contributed by atoms with E-state index >= 15 is 0 Å². The van der Waals surface area contributed by atoms with Crippen molar-refractivity contribution in [3.63, 3.8) is 0 Å². The summed E-state index contributed by atoms with van der Waals surface area (Å²) in [4.78, 5) is 26.2. The molecule has 1 amide bonds. The number of halogens is 1. The highest BCUT2D eigenvalue weighted by Gasteiger charge is 2.48. The molecule has 1 aromatic rings. The zero-order valence-corrected chi connectivity index (χ0v) is 20.1. The van der Waals surface area contributed by atoms with Crippen molar-refractivity contribution >= 4 is 23.7 Å². The van der Waals surface area contributed by atoms with Crippen molar-refractivity contribution in [2.75, 3.05) is 14.2 Å². The molecule has 2 aliphatic rings. The normalized spacial score (nSPS) is 25.2. The van der Waals surface area contributed by atoms with E-state index in [4.69, 9.17) is 30.5 Å². The van der Waals surface area contributed by atoms with Gasteiger partial charge in [0.05, 0.1) is 17.7 Å². The monoisotopic (exact) mass is 453 g/mol. The van der Waals surface area contributed by atoms with Crippen molar-refractivity contribution in [1.82, 2.24) is 4.90 Å². The Balaban J connectivity index is 1.70. The number of rotatable bonds is 3. The Morgan fingerprint density at radius 3 is 2.29 bits per heavy atom. The number of amides is 1. The van der Waals surface area contributed by atoms with Gasteiger partial charge in [-0.15, -0.1) is 0 Å². The number of fused-ring (bicyclic) bond motifs is 1. The van der Waals surface area contributed by atoms with Crippen molar-refractivity contribution < 1.29 is 28.5 Å². The van der Waals surface area contributed by atoms with Crippen molar-refractivity contribution in [3.05, 3.63) is 22.2 Å². The molecule has 0 saturated heterocycles. The second-order valence-corrected chi connectivity index (χ2v) is 9.90. The Hall–Kier alpha value is -2.15. The van der Waals surface area contributed by atoms with Crippen LogP contribution >= 0.6 is 11.6 Å². The lowest BCUT2D eigenvalue weighted by molar-refractivity contribution is -0.123. The van der Waals surface area contributed by atoms with Gasteiger partial charge in [0.15, 0.2) is 11.5 Å². The van der Waals surface area contributed by atoms with Crippen LogP contribution in [0.25, 0.3) is 0 Å². The van der Waals surface area contributed by atoms with Crippen LogP contribution in [-0.4, -0.2) is 48.5 Å². The topological polar surface area (TPSA) is 74.3 Å². The third kappa shape index (κ3) is 4.71. The third-order valence-corrected chi connectivity index (χ3v) is 6.40. The maximum atomic E-state index is 12.4. The number of carbonyl (C=O) groups is 2. The molecule has 3 rings (SSSR count). The number of ether oxygens (including phenoxy) is 4. The van der Waals surface area contributed by atoms with Crippen LogP contribution in [-0.2, 0) is 9.47 Å². The summed E-state index contributed by atoms with van der Waals surface area (Å²) in [6.07, 6.45) is 2.98. The lowest BCUT2D eigenvalue weighted by Gasteiger charge is -2.40. The molecule has 0 aromatic heterocycles. The summed E-state index contributed by atoms with van der Waals surface area (Å²) in [5.74, 6) is -0.294. The van der Waals surface area contributed by atoms with Crippen LogP contribution in [0.5, 0.6) is 11.5 Å². The van der Waals surface area contributed by atoms with E-state index in [1.54, 1.807) is 24.9 Å². The van der Waals surface area contributed by atoms with Gasteiger partial charge in [-0.25, -0.2) is 9.59 Å². The van der Waals surface area contributed by atoms with E-state index in [1.165, 1.54) is 7.11 Å². The number of carbonyl (C=O) groups excluding carboxylic acids is 2. The Bertz CT molecular complexity index is 872. The summed E-state index contributed by atoms with van der Waals surface area (Å²) in [6.45, 7) is 9.29. The van der Waals surface area contributed by atoms with Gasteiger partial charge in [-0.3, -0.25) is 0 Å². The van der Waals surface area contributed by atoms with Crippen molar-refractivity contribution in [2.24, 2.45) is 5.92 Å². The third-order valence-electron chi connectivity index (χ3n) is 6.12. The molecule has 1 unspecified atom stereocenters. The molecule has 1 saturated carbocycles. The largest absolute Gasteiger partial charge is 0.465 e. The molecule has 8 heteroatoms. The predicted octanol–water partition coefficient (Wildman–Crippen LogP) is 5.35. The van der Waals surface area contributed by atoms with E-state index in [-0.39, 0.29) is 18.1 Å². The van der Waals surface area contributed by atoms with Crippen molar-refractivity contribution in [2.45, 2.75) is 77.7 Å². The zero-order valence-electron chi connectivity index (χ0n) is 19.3. The molecule has 1 aliphatic carbocycles. The van der Waals surface area contributed by atoms with E-state index in [0.717, 1.165) is 25.7 Å². The molecule has 172 valence electrons. The summed E-state index contributed by atoms with van der Waals surface area (Å²) in [7, 11) is 3.12. The van der Waals surface area contributed by atoms with Gasteiger partial charge in [0, 0.05) is 31.5 Å². The van der Waals surface area contributed by atoms with E-state index < -0.39 is 17.4 Å². The lowest BCUT2D eigenvalue weighted by Crippen LogP contribution is -2.48. The fourth-order valence-electron chi connectivity index (χ4n) is 4.30. The molecular weight excluding hydrogens is 422 g/mol. The molecule has 0 N–H and O–H groups in total. The minimum absolute atomic E-state index is 0.106. The average molecular weight is 454 g/mol. The fraction of sp³-hybridized carbons (Fsp3) is 0.652. The summed E-state index contributed by atoms with van der Waals surface area (Å²) in [6, 6.07) is 1.67. The molecule has 0 spiro atoms. The van der Waals surface area contributed by atoms with Crippen LogP contribution in [0, 0.1) is 12.8 Å². The van der Waals surface area contributed by atoms with Crippen molar-refractivity contribution in [3.8, 4) is 11.5 Å². The van der Waals surface area contributed by atoms with Gasteiger partial charge in [-0.2, -0.15) is 0 Å². The Kier molecular flexibility index (Phi) is 6.38. The number of hydrogen-bond donors (Lipinski definition) is 0. The first-order valence-electron chi connectivity index (χ1n) is 10.6. The predicted molar refractivity (Wildman–Crippen MR) is 117 cm³/mol. The molecule has 31 heavy (non-hydrogen) atoms. The van der Waals surface area contributed by atoms with Gasteiger partial charge in [0.25, 0.3) is 5.79 Å². The average Bonchev–Trinajstić information content (AvgIpc) is 3.08. The van der Waals surface area contributed by atoms with E-state index in [1.807, 2.05) is 27.7 Å². The van der Waals surface area contributed by atoms with Crippen LogP contribution in [0.3, 0.4) is 0 Å². The molecule has 1 aliphatic heterocycles. The van der Waals surface area contributed by atoms with Gasteiger partial charge in [-0.1, -0.05) is 11.6 Å². The van der Waals surface area contributed by atoms with Crippen LogP contribution in [0.15, 0.2) is 6.07 Å². The fourth-order valence-corrected chi connectivity index (χ4v) is 4.54. The molecule has 7 nitrogen and oxygen atoms in total. The number of hydrogen-bond acceptors (Lipinski definition) is 6. The van der Waals surface area contributed by atoms with Gasteiger partial charge in [-0.05, 0) is 59.4 Å². The van der Waals surface area contributed by atoms with Crippen molar-refractivity contribution in [1.29, 1.82) is 0 Å². The highest BCUT2D eigenvalue weighted by Crippen LogP contribution is 2.51. The standard InChI is InChI=1S/C23H32ClNO6/c1-13-16(20(26)28-7)12-17(24)19-18(13)29-23(5,30-19)14-8-10-15(11-9-14)25(6)21(27)31-22(2,3)4/h12,14-15H,8-11H2,1-7H3/t14-,15-,23?.